The van der Waals surface area contributed by atoms with Crippen molar-refractivity contribution in [3.63, 3.8) is 0 Å². The van der Waals surface area contributed by atoms with Gasteiger partial charge in [0.05, 0.1) is 5.52 Å². The fraction of sp³-hybridized carbons (Fsp3) is 0.588. The van der Waals surface area contributed by atoms with E-state index in [-0.39, 0.29) is 29.6 Å². The number of carbonyl (C=O) groups excluding carboxylic acids is 5. The van der Waals surface area contributed by atoms with Crippen molar-refractivity contribution in [1.29, 1.82) is 0 Å². The van der Waals surface area contributed by atoms with Crippen LogP contribution in [0.1, 0.15) is 96.6 Å². The predicted octanol–water partition coefficient (Wildman–Crippen LogP) is 3.04. The molecule has 0 spiro atoms. The lowest BCUT2D eigenvalue weighted by molar-refractivity contribution is -0.147. The molecule has 244 valence electrons. The first kappa shape index (κ1) is 33.9. The zero-order valence-electron chi connectivity index (χ0n) is 26.9. The molecule has 3 heterocycles. The van der Waals surface area contributed by atoms with E-state index in [9.17, 15) is 28.8 Å². The number of nitrogens with zero attached hydrogens (tertiary/aromatic N) is 2. The number of hydrogen-bond donors (Lipinski definition) is 3. The van der Waals surface area contributed by atoms with E-state index in [0.717, 1.165) is 12.8 Å². The van der Waals surface area contributed by atoms with Crippen molar-refractivity contribution in [2.24, 2.45) is 13.0 Å². The van der Waals surface area contributed by atoms with E-state index in [1.165, 1.54) is 0 Å². The van der Waals surface area contributed by atoms with Crippen LogP contribution in [0.25, 0.3) is 10.9 Å². The van der Waals surface area contributed by atoms with Gasteiger partial charge in [-0.1, -0.05) is 52.2 Å². The average Bonchev–Trinajstić information content (AvgIpc) is 3.05. The zero-order chi connectivity index (χ0) is 32.7. The summed E-state index contributed by atoms with van der Waals surface area (Å²) in [6.07, 6.45) is 7.22. The molecule has 1 aromatic heterocycles. The molecule has 11 heteroatoms. The van der Waals surface area contributed by atoms with E-state index in [4.69, 9.17) is 0 Å². The second-order valence-electron chi connectivity index (χ2n) is 12.5. The van der Waals surface area contributed by atoms with Gasteiger partial charge < -0.3 is 25.4 Å². The van der Waals surface area contributed by atoms with Gasteiger partial charge in [0.1, 0.15) is 30.0 Å². The van der Waals surface area contributed by atoms with E-state index in [1.807, 2.05) is 26.8 Å². The molecule has 45 heavy (non-hydrogen) atoms. The molecule has 0 unspecified atom stereocenters. The molecule has 0 radical (unpaired) electrons. The molecule has 5 atom stereocenters. The minimum absolute atomic E-state index is 0.0634. The van der Waals surface area contributed by atoms with Gasteiger partial charge in [-0.2, -0.15) is 0 Å². The maximum Gasteiger partial charge on any atom is 0.248 e. The van der Waals surface area contributed by atoms with E-state index in [2.05, 4.69) is 16.0 Å². The molecule has 2 aliphatic rings. The number of hydrogen-bond acceptors (Lipinski definition) is 6. The van der Waals surface area contributed by atoms with E-state index < -0.39 is 47.3 Å². The summed E-state index contributed by atoms with van der Waals surface area (Å²) < 4.78 is 1.73. The smallest absolute Gasteiger partial charge is 0.248 e. The standard InChI is InChI=1S/C34H47N5O6/c1-5-21(3)28-34(45)39-19-13-12-18-27(39)32(43)35-25(16-9-7-8-14-22(40)6-2)31(42)37-29(33(44)36-28)24-20-38(4)26-17-11-10-15-23(26)30(24)41/h10-11,15,17,20-21,25,27-29H,5-9,12-14,16,18-19H2,1-4H3,(H,35,43)(H,36,44)(H,37,42)/t21-,25-,27+,28-,29-/m0/s1. The maximum absolute atomic E-state index is 14.1. The number of piperidine rings is 1. The number of Topliss-reactive ketones (excluding diaryl/α,β-unsaturated/α-hetero) is 1. The maximum atomic E-state index is 14.1. The average molecular weight is 622 g/mol. The summed E-state index contributed by atoms with van der Waals surface area (Å²) in [4.78, 5) is 82.9. The van der Waals surface area contributed by atoms with Gasteiger partial charge in [0, 0.05) is 43.6 Å². The molecule has 0 saturated carbocycles. The molecule has 4 rings (SSSR count). The number of benzene rings is 1. The van der Waals surface area contributed by atoms with Gasteiger partial charge >= 0.3 is 0 Å². The monoisotopic (exact) mass is 621 g/mol. The van der Waals surface area contributed by atoms with Gasteiger partial charge in [-0.25, -0.2) is 0 Å². The molecular formula is C34H47N5O6. The number of carbonyl (C=O) groups is 5. The van der Waals surface area contributed by atoms with Gasteiger partial charge in [-0.05, 0) is 50.2 Å². The number of nitrogens with one attached hydrogen (secondary N) is 3. The highest BCUT2D eigenvalue weighted by atomic mass is 16.2. The third-order valence-corrected chi connectivity index (χ3v) is 9.32. The van der Waals surface area contributed by atoms with E-state index in [1.54, 1.807) is 40.9 Å². The second-order valence-corrected chi connectivity index (χ2v) is 12.5. The Morgan fingerprint density at radius 3 is 2.42 bits per heavy atom. The number of unbranched alkanes of at least 4 members (excludes halogenated alkanes) is 2. The highest BCUT2D eigenvalue weighted by Gasteiger charge is 2.41. The summed E-state index contributed by atoms with van der Waals surface area (Å²) in [7, 11) is 1.76. The Morgan fingerprint density at radius 1 is 0.933 bits per heavy atom. The SMILES string of the molecule is CCC(=O)CCCCC[C@@H]1NC(=O)[C@H]2CCCCN2C(=O)[C@H]([C@@H](C)CC)NC(=O)[C@H](c2cn(C)c3ccccc3c2=O)NC1=O. The van der Waals surface area contributed by atoms with Crippen LogP contribution in [0.15, 0.2) is 35.3 Å². The van der Waals surface area contributed by atoms with Crippen molar-refractivity contribution < 1.29 is 24.0 Å². The number of pyridine rings is 1. The topological polar surface area (TPSA) is 147 Å². The second kappa shape index (κ2) is 15.3. The number of rotatable bonds is 10. The van der Waals surface area contributed by atoms with E-state index >= 15 is 0 Å². The normalized spacial score (nSPS) is 23.7. The summed E-state index contributed by atoms with van der Waals surface area (Å²) in [6, 6.07) is 2.92. The van der Waals surface area contributed by atoms with Crippen molar-refractivity contribution in [2.75, 3.05) is 6.54 Å². The highest BCUT2D eigenvalue weighted by Crippen LogP contribution is 2.24. The Kier molecular flexibility index (Phi) is 11.5. The van der Waals surface area contributed by atoms with Crippen molar-refractivity contribution in [3.05, 3.63) is 46.2 Å². The molecule has 2 aliphatic heterocycles. The third-order valence-electron chi connectivity index (χ3n) is 9.32. The van der Waals surface area contributed by atoms with Crippen LogP contribution in [0.4, 0.5) is 0 Å². The summed E-state index contributed by atoms with van der Waals surface area (Å²) in [6.45, 7) is 5.98. The van der Waals surface area contributed by atoms with Crippen molar-refractivity contribution in [2.45, 2.75) is 109 Å². The number of aromatic nitrogens is 1. The van der Waals surface area contributed by atoms with Crippen LogP contribution in [-0.4, -0.2) is 63.5 Å². The third kappa shape index (κ3) is 7.80. The van der Waals surface area contributed by atoms with Crippen molar-refractivity contribution in [1.82, 2.24) is 25.4 Å². The van der Waals surface area contributed by atoms with Crippen LogP contribution in [0.3, 0.4) is 0 Å². The number of amides is 4. The van der Waals surface area contributed by atoms with Gasteiger partial charge in [-0.3, -0.25) is 28.8 Å². The number of ketones is 1. The summed E-state index contributed by atoms with van der Waals surface area (Å²) in [5, 5.41) is 8.94. The van der Waals surface area contributed by atoms with Crippen molar-refractivity contribution in [3.8, 4) is 0 Å². The molecule has 3 N–H and O–H groups in total. The van der Waals surface area contributed by atoms with Crippen LogP contribution in [0, 0.1) is 5.92 Å². The number of fused-ring (bicyclic) bond motifs is 2. The van der Waals surface area contributed by atoms with Crippen LogP contribution < -0.4 is 21.4 Å². The molecule has 0 bridgehead atoms. The molecule has 11 nitrogen and oxygen atoms in total. The molecule has 0 aliphatic carbocycles. The minimum atomic E-state index is -1.40. The molecule has 4 amide bonds. The summed E-state index contributed by atoms with van der Waals surface area (Å²) >= 11 is 0. The Balaban J connectivity index is 1.74. The van der Waals surface area contributed by atoms with Gasteiger partial charge in [0.2, 0.25) is 23.6 Å². The summed E-state index contributed by atoms with van der Waals surface area (Å²) in [5.41, 5.74) is 0.329. The quantitative estimate of drug-likeness (QED) is 0.348. The molecular weight excluding hydrogens is 574 g/mol. The first-order valence-electron chi connectivity index (χ1n) is 16.4. The molecule has 2 saturated heterocycles. The first-order valence-corrected chi connectivity index (χ1v) is 16.4. The van der Waals surface area contributed by atoms with Crippen LogP contribution in [-0.2, 0) is 31.0 Å². The summed E-state index contributed by atoms with van der Waals surface area (Å²) in [5.74, 6) is -2.08. The van der Waals surface area contributed by atoms with Gasteiger partial charge in [0.25, 0.3) is 0 Å². The van der Waals surface area contributed by atoms with Crippen LogP contribution in [0.5, 0.6) is 0 Å². The lowest BCUT2D eigenvalue weighted by Gasteiger charge is -2.39. The lowest BCUT2D eigenvalue weighted by atomic mass is 9.93. The Bertz CT molecular complexity index is 1490. The lowest BCUT2D eigenvalue weighted by Crippen LogP contribution is -2.63. The van der Waals surface area contributed by atoms with Gasteiger partial charge in [0.15, 0.2) is 5.43 Å². The largest absolute Gasteiger partial charge is 0.350 e. The van der Waals surface area contributed by atoms with Crippen molar-refractivity contribution >= 4 is 40.3 Å². The Hall–Kier alpha value is -4.02. The zero-order valence-corrected chi connectivity index (χ0v) is 26.9. The highest BCUT2D eigenvalue weighted by molar-refractivity contribution is 5.98. The number of para-hydroxylation sites is 1. The molecule has 2 fully saturated rings. The predicted molar refractivity (Wildman–Crippen MR) is 171 cm³/mol. The van der Waals surface area contributed by atoms with Crippen LogP contribution in [0.2, 0.25) is 0 Å². The van der Waals surface area contributed by atoms with Crippen LogP contribution >= 0.6 is 0 Å². The minimum Gasteiger partial charge on any atom is -0.350 e. The molecule has 2 aromatic rings. The fourth-order valence-corrected chi connectivity index (χ4v) is 6.33. The van der Waals surface area contributed by atoms with E-state index in [0.29, 0.717) is 62.4 Å². The fourth-order valence-electron chi connectivity index (χ4n) is 6.33. The molecule has 1 aromatic carbocycles. The number of aryl methyl sites for hydroxylation is 1. The Morgan fingerprint density at radius 2 is 1.69 bits per heavy atom. The van der Waals surface area contributed by atoms with Gasteiger partial charge in [-0.15, -0.1) is 0 Å². The Labute approximate surface area is 264 Å². The first-order chi connectivity index (χ1) is 21.6.